The Hall–Kier alpha value is -3.36. The zero-order valence-electron chi connectivity index (χ0n) is 14.9. The van der Waals surface area contributed by atoms with Crippen molar-refractivity contribution in [2.45, 2.75) is 20.8 Å². The molecular formula is C17H20N8O. The first-order valence-electron chi connectivity index (χ1n) is 8.18. The van der Waals surface area contributed by atoms with E-state index < -0.39 is 0 Å². The Morgan fingerprint density at radius 1 is 1.04 bits per heavy atom. The van der Waals surface area contributed by atoms with Gasteiger partial charge in [-0.3, -0.25) is 14.3 Å². The van der Waals surface area contributed by atoms with Crippen LogP contribution in [0.2, 0.25) is 0 Å². The quantitative estimate of drug-likeness (QED) is 0.642. The number of aromatic nitrogens is 6. The lowest BCUT2D eigenvalue weighted by atomic mass is 10.4. The third-order valence-electron chi connectivity index (χ3n) is 3.88. The van der Waals surface area contributed by atoms with Gasteiger partial charge in [-0.2, -0.15) is 0 Å². The largest absolute Gasteiger partial charge is 0.368 e. The van der Waals surface area contributed by atoms with Crippen LogP contribution in [0.3, 0.4) is 0 Å². The molecule has 0 aliphatic carbocycles. The van der Waals surface area contributed by atoms with E-state index in [2.05, 4.69) is 35.6 Å². The van der Waals surface area contributed by atoms with Crippen LogP contribution < -0.4 is 10.6 Å². The molecule has 0 aliphatic rings. The summed E-state index contributed by atoms with van der Waals surface area (Å²) in [6.07, 6.45) is 6.26. The van der Waals surface area contributed by atoms with Crippen LogP contribution in [0.4, 0.5) is 5.82 Å². The number of hydrogen-bond donors (Lipinski definition) is 2. The minimum absolute atomic E-state index is 0.257. The fraction of sp³-hybridized carbons (Fsp3) is 0.294. The van der Waals surface area contributed by atoms with Gasteiger partial charge in [-0.15, -0.1) is 0 Å². The maximum absolute atomic E-state index is 12.0. The van der Waals surface area contributed by atoms with Gasteiger partial charge in [0.2, 0.25) is 0 Å². The van der Waals surface area contributed by atoms with E-state index in [0.717, 1.165) is 22.9 Å². The lowest BCUT2D eigenvalue weighted by Gasteiger charge is -2.09. The molecular weight excluding hydrogens is 332 g/mol. The van der Waals surface area contributed by atoms with Gasteiger partial charge in [0.1, 0.15) is 30.0 Å². The number of nitrogens with zero attached hydrogens (tertiary/aromatic N) is 6. The van der Waals surface area contributed by atoms with Crippen LogP contribution in [-0.2, 0) is 0 Å². The number of nitrogens with one attached hydrogen (secondary N) is 2. The van der Waals surface area contributed by atoms with Crippen LogP contribution in [0.5, 0.6) is 0 Å². The predicted octanol–water partition coefficient (Wildman–Crippen LogP) is 1.22. The zero-order chi connectivity index (χ0) is 18.5. The molecule has 0 fully saturated rings. The molecule has 0 unspecified atom stereocenters. The van der Waals surface area contributed by atoms with E-state index in [0.29, 0.717) is 24.6 Å². The SMILES string of the molecule is Cc1cnc(C(=O)NCCNc2cc(-n3cnc(C)c3C)ncn2)cn1. The first kappa shape index (κ1) is 17.5. The van der Waals surface area contributed by atoms with Crippen LogP contribution in [-0.4, -0.2) is 48.5 Å². The lowest BCUT2D eigenvalue weighted by Crippen LogP contribution is -2.29. The molecule has 3 aromatic heterocycles. The standard InChI is InChI=1S/C17H20N8O/c1-11-7-21-14(8-20-11)17(26)19-5-4-18-15-6-16(23-9-22-15)25-10-24-12(2)13(25)3/h6-10H,4-5H2,1-3H3,(H,19,26)(H,18,22,23). The molecule has 0 aliphatic heterocycles. The molecule has 26 heavy (non-hydrogen) atoms. The first-order chi connectivity index (χ1) is 12.5. The molecule has 0 spiro atoms. The summed E-state index contributed by atoms with van der Waals surface area (Å²) in [7, 11) is 0. The molecule has 0 radical (unpaired) electrons. The highest BCUT2D eigenvalue weighted by molar-refractivity contribution is 5.91. The van der Waals surface area contributed by atoms with E-state index in [1.807, 2.05) is 31.4 Å². The molecule has 9 heteroatoms. The molecule has 0 atom stereocenters. The van der Waals surface area contributed by atoms with Crippen molar-refractivity contribution in [1.29, 1.82) is 0 Å². The second-order valence-corrected chi connectivity index (χ2v) is 5.77. The Kier molecular flexibility index (Phi) is 5.16. The number of amides is 1. The lowest BCUT2D eigenvalue weighted by molar-refractivity contribution is 0.0949. The summed E-state index contributed by atoms with van der Waals surface area (Å²) in [6, 6.07) is 1.83. The van der Waals surface area contributed by atoms with Crippen molar-refractivity contribution in [3.8, 4) is 5.82 Å². The molecule has 0 bridgehead atoms. The van der Waals surface area contributed by atoms with Gasteiger partial charge in [-0.1, -0.05) is 0 Å². The van der Waals surface area contributed by atoms with Gasteiger partial charge in [-0.25, -0.2) is 19.9 Å². The van der Waals surface area contributed by atoms with Crippen molar-refractivity contribution in [1.82, 2.24) is 34.8 Å². The minimum Gasteiger partial charge on any atom is -0.368 e. The maximum atomic E-state index is 12.0. The highest BCUT2D eigenvalue weighted by Crippen LogP contribution is 2.13. The Balaban J connectivity index is 1.54. The summed E-state index contributed by atoms with van der Waals surface area (Å²) in [4.78, 5) is 32.8. The summed E-state index contributed by atoms with van der Waals surface area (Å²) in [5, 5.41) is 5.95. The summed E-state index contributed by atoms with van der Waals surface area (Å²) in [6.45, 7) is 6.70. The van der Waals surface area contributed by atoms with E-state index in [1.54, 1.807) is 12.5 Å². The number of rotatable bonds is 6. The Morgan fingerprint density at radius 3 is 2.58 bits per heavy atom. The van der Waals surface area contributed by atoms with Crippen molar-refractivity contribution < 1.29 is 4.79 Å². The van der Waals surface area contributed by atoms with Gasteiger partial charge < -0.3 is 10.6 Å². The van der Waals surface area contributed by atoms with Crippen LogP contribution >= 0.6 is 0 Å². The number of imidazole rings is 1. The molecule has 9 nitrogen and oxygen atoms in total. The molecule has 0 aromatic carbocycles. The maximum Gasteiger partial charge on any atom is 0.271 e. The van der Waals surface area contributed by atoms with Gasteiger partial charge in [0, 0.05) is 31.0 Å². The van der Waals surface area contributed by atoms with Gasteiger partial charge in [0.25, 0.3) is 5.91 Å². The molecule has 3 aromatic rings. The van der Waals surface area contributed by atoms with E-state index in [-0.39, 0.29) is 5.91 Å². The smallest absolute Gasteiger partial charge is 0.271 e. The number of aryl methyl sites for hydroxylation is 2. The number of carbonyl (C=O) groups excluding carboxylic acids is 1. The number of carbonyl (C=O) groups is 1. The zero-order valence-corrected chi connectivity index (χ0v) is 14.9. The molecule has 3 heterocycles. The van der Waals surface area contributed by atoms with Gasteiger partial charge >= 0.3 is 0 Å². The number of anilines is 1. The van der Waals surface area contributed by atoms with Crippen LogP contribution in [0, 0.1) is 20.8 Å². The van der Waals surface area contributed by atoms with Crippen molar-refractivity contribution in [3.63, 3.8) is 0 Å². The summed E-state index contributed by atoms with van der Waals surface area (Å²) >= 11 is 0. The van der Waals surface area contributed by atoms with Gasteiger partial charge in [-0.05, 0) is 20.8 Å². The Morgan fingerprint density at radius 2 is 1.88 bits per heavy atom. The predicted molar refractivity (Wildman–Crippen MR) is 96.2 cm³/mol. The Labute approximate surface area is 151 Å². The minimum atomic E-state index is -0.257. The monoisotopic (exact) mass is 352 g/mol. The molecule has 134 valence electrons. The highest BCUT2D eigenvalue weighted by atomic mass is 16.1. The second kappa shape index (κ2) is 7.68. The van der Waals surface area contributed by atoms with Gasteiger partial charge in [0.15, 0.2) is 0 Å². The van der Waals surface area contributed by atoms with Crippen molar-refractivity contribution in [3.05, 3.63) is 53.9 Å². The third kappa shape index (κ3) is 4.00. The molecule has 0 saturated carbocycles. The van der Waals surface area contributed by atoms with Crippen molar-refractivity contribution in [2.24, 2.45) is 0 Å². The van der Waals surface area contributed by atoms with E-state index in [1.165, 1.54) is 12.5 Å². The van der Waals surface area contributed by atoms with Crippen LogP contribution in [0.1, 0.15) is 27.6 Å². The molecule has 3 rings (SSSR count). The van der Waals surface area contributed by atoms with Gasteiger partial charge in [0.05, 0.1) is 17.6 Å². The molecule has 1 amide bonds. The molecule has 0 saturated heterocycles. The summed E-state index contributed by atoms with van der Waals surface area (Å²) in [5.41, 5.74) is 3.05. The van der Waals surface area contributed by atoms with E-state index in [4.69, 9.17) is 0 Å². The average molecular weight is 352 g/mol. The van der Waals surface area contributed by atoms with Crippen LogP contribution in [0.15, 0.2) is 31.1 Å². The second-order valence-electron chi connectivity index (χ2n) is 5.77. The summed E-state index contributed by atoms with van der Waals surface area (Å²) < 4.78 is 1.90. The first-order valence-corrected chi connectivity index (χ1v) is 8.18. The van der Waals surface area contributed by atoms with Crippen molar-refractivity contribution in [2.75, 3.05) is 18.4 Å². The fourth-order valence-corrected chi connectivity index (χ4v) is 2.27. The van der Waals surface area contributed by atoms with Crippen molar-refractivity contribution >= 4 is 11.7 Å². The Bertz CT molecular complexity index is 903. The molecule has 2 N–H and O–H groups in total. The summed E-state index contributed by atoms with van der Waals surface area (Å²) in [5.74, 6) is 1.15. The topological polar surface area (TPSA) is 111 Å². The van der Waals surface area contributed by atoms with E-state index in [9.17, 15) is 4.79 Å². The highest BCUT2D eigenvalue weighted by Gasteiger charge is 2.08. The fourth-order valence-electron chi connectivity index (χ4n) is 2.27. The average Bonchev–Trinajstić information content (AvgIpc) is 2.98. The normalized spacial score (nSPS) is 10.6. The third-order valence-corrected chi connectivity index (χ3v) is 3.88. The number of hydrogen-bond acceptors (Lipinski definition) is 7. The van der Waals surface area contributed by atoms with Crippen LogP contribution in [0.25, 0.3) is 5.82 Å². The van der Waals surface area contributed by atoms with E-state index >= 15 is 0 Å².